The van der Waals surface area contributed by atoms with Crippen LogP contribution in [0.4, 0.5) is 51.1 Å². The van der Waals surface area contributed by atoms with Crippen LogP contribution in [0.1, 0.15) is 59.2 Å². The molecule has 0 radical (unpaired) electrons. The van der Waals surface area contributed by atoms with Crippen LogP contribution in [0, 0.1) is 6.92 Å². The van der Waals surface area contributed by atoms with Crippen molar-refractivity contribution in [2.75, 3.05) is 22.9 Å². The summed E-state index contributed by atoms with van der Waals surface area (Å²) in [4.78, 5) is 4.23. The molecule has 1 atom stereocenters. The van der Waals surface area contributed by atoms with Gasteiger partial charge in [0.05, 0.1) is 29.8 Å². The molecule has 218 valence electrons. The largest absolute Gasteiger partial charge is 0.416 e. The molecule has 0 saturated heterocycles. The van der Waals surface area contributed by atoms with Gasteiger partial charge in [-0.05, 0) is 72.9 Å². The quantitative estimate of drug-likeness (QED) is 0.306. The van der Waals surface area contributed by atoms with Crippen molar-refractivity contribution < 1.29 is 39.5 Å². The number of hydrogen-bond acceptors (Lipinski definition) is 5. The molecular weight excluding hydrogens is 555 g/mol. The lowest BCUT2D eigenvalue weighted by Gasteiger charge is -2.33. The number of aryl methyl sites for hydroxylation is 2. The van der Waals surface area contributed by atoms with Gasteiger partial charge in [-0.25, -0.2) is 0 Å². The lowest BCUT2D eigenvalue weighted by atomic mass is 9.94. The minimum Gasteiger partial charge on any atom is -0.372 e. The molecule has 1 aliphatic heterocycles. The molecule has 1 aromatic heterocycles. The minimum atomic E-state index is -5.05. The molecule has 1 aliphatic rings. The van der Waals surface area contributed by atoms with Crippen LogP contribution in [0.25, 0.3) is 0 Å². The fourth-order valence-corrected chi connectivity index (χ4v) is 4.99. The Labute approximate surface area is 223 Å². The van der Waals surface area contributed by atoms with Gasteiger partial charge in [0.2, 0.25) is 0 Å². The molecule has 40 heavy (non-hydrogen) atoms. The third kappa shape index (κ3) is 6.12. The Morgan fingerprint density at radius 3 is 2.02 bits per heavy atom. The van der Waals surface area contributed by atoms with Gasteiger partial charge in [0.25, 0.3) is 5.95 Å². The number of rotatable bonds is 5. The molecule has 0 bridgehead atoms. The lowest BCUT2D eigenvalue weighted by Crippen LogP contribution is -2.30. The zero-order valence-electron chi connectivity index (χ0n) is 21.6. The topological polar surface area (TPSA) is 50.1 Å². The smallest absolute Gasteiger partial charge is 0.372 e. The maximum absolute atomic E-state index is 13.8. The third-order valence-electron chi connectivity index (χ3n) is 6.80. The van der Waals surface area contributed by atoms with E-state index >= 15 is 0 Å². The number of alkyl halides is 9. The summed E-state index contributed by atoms with van der Waals surface area (Å²) in [5.74, 6) is -0.0908. The van der Waals surface area contributed by atoms with Gasteiger partial charge in [-0.15, -0.1) is 5.10 Å². The van der Waals surface area contributed by atoms with E-state index in [4.69, 9.17) is 0 Å². The van der Waals surface area contributed by atoms with Gasteiger partial charge in [0, 0.05) is 25.3 Å². The van der Waals surface area contributed by atoms with E-state index in [1.54, 1.807) is 11.8 Å². The summed E-state index contributed by atoms with van der Waals surface area (Å²) in [5.41, 5.74) is -3.47. The molecule has 0 unspecified atom stereocenters. The van der Waals surface area contributed by atoms with E-state index in [-0.39, 0.29) is 28.8 Å². The molecule has 0 amide bonds. The van der Waals surface area contributed by atoms with Gasteiger partial charge >= 0.3 is 18.5 Å². The van der Waals surface area contributed by atoms with Crippen molar-refractivity contribution in [3.8, 4) is 0 Å². The highest BCUT2D eigenvalue weighted by Crippen LogP contribution is 2.44. The van der Waals surface area contributed by atoms with Gasteiger partial charge in [-0.3, -0.25) is 0 Å². The highest BCUT2D eigenvalue weighted by molar-refractivity contribution is 5.62. The molecular formula is C25H25F9N6. The standard InChI is InChI=1S/C25H25F9N6/c1-4-39-7-5-6-20(18-8-14(2)19(12-21(18)39)25(32,33)34)40(22-35-37-38(3)36-22)13-15-9-16(23(26,27)28)11-17(10-15)24(29,30)31/h8-12,20H,4-7,13H2,1-3H3/t20-/m0/s1. The first-order chi connectivity index (χ1) is 18.5. The van der Waals surface area contributed by atoms with E-state index in [0.717, 1.165) is 10.9 Å². The molecule has 0 aliphatic carbocycles. The zero-order valence-corrected chi connectivity index (χ0v) is 21.6. The molecule has 4 rings (SSSR count). The van der Waals surface area contributed by atoms with Crippen LogP contribution in [0.15, 0.2) is 30.3 Å². The highest BCUT2D eigenvalue weighted by atomic mass is 19.4. The van der Waals surface area contributed by atoms with Crippen LogP contribution < -0.4 is 9.80 Å². The van der Waals surface area contributed by atoms with Crippen LogP contribution in [-0.2, 0) is 32.1 Å². The van der Waals surface area contributed by atoms with Crippen molar-refractivity contribution in [1.29, 1.82) is 0 Å². The van der Waals surface area contributed by atoms with E-state index < -0.39 is 47.8 Å². The monoisotopic (exact) mass is 580 g/mol. The van der Waals surface area contributed by atoms with Gasteiger partial charge in [0.1, 0.15) is 0 Å². The second-order valence-corrected chi connectivity index (χ2v) is 9.58. The van der Waals surface area contributed by atoms with E-state index in [1.807, 2.05) is 0 Å². The number of anilines is 2. The highest BCUT2D eigenvalue weighted by Gasteiger charge is 2.39. The summed E-state index contributed by atoms with van der Waals surface area (Å²) in [6.45, 7) is 3.36. The average molecular weight is 580 g/mol. The normalized spacial score (nSPS) is 16.6. The van der Waals surface area contributed by atoms with Crippen molar-refractivity contribution in [3.63, 3.8) is 0 Å². The van der Waals surface area contributed by atoms with Crippen molar-refractivity contribution in [2.45, 2.75) is 57.8 Å². The predicted octanol–water partition coefficient (Wildman–Crippen LogP) is 6.94. The Hall–Kier alpha value is -3.52. The van der Waals surface area contributed by atoms with Crippen molar-refractivity contribution in [1.82, 2.24) is 20.2 Å². The fraction of sp³-hybridized carbons (Fsp3) is 0.480. The van der Waals surface area contributed by atoms with E-state index in [2.05, 4.69) is 15.4 Å². The first kappa shape index (κ1) is 29.5. The minimum absolute atomic E-state index is 0.0382. The third-order valence-corrected chi connectivity index (χ3v) is 6.80. The molecule has 15 heteroatoms. The van der Waals surface area contributed by atoms with E-state index in [9.17, 15) is 39.5 Å². The number of hydrogen-bond donors (Lipinski definition) is 0. The maximum Gasteiger partial charge on any atom is 0.416 e. The molecule has 6 nitrogen and oxygen atoms in total. The summed E-state index contributed by atoms with van der Waals surface area (Å²) in [5, 5.41) is 11.8. The molecule has 3 aromatic rings. The Kier molecular flexibility index (Phi) is 7.71. The van der Waals surface area contributed by atoms with Crippen molar-refractivity contribution in [2.24, 2.45) is 7.05 Å². The number of tetrazole rings is 1. The number of halogens is 9. The van der Waals surface area contributed by atoms with Gasteiger partial charge in [-0.2, -0.15) is 44.3 Å². The van der Waals surface area contributed by atoms with Crippen molar-refractivity contribution >= 4 is 11.6 Å². The number of benzene rings is 2. The molecule has 0 spiro atoms. The van der Waals surface area contributed by atoms with Gasteiger partial charge in [0.15, 0.2) is 0 Å². The number of nitrogens with zero attached hydrogens (tertiary/aromatic N) is 6. The maximum atomic E-state index is 13.8. The fourth-order valence-electron chi connectivity index (χ4n) is 4.99. The number of fused-ring (bicyclic) bond motifs is 1. The van der Waals surface area contributed by atoms with E-state index in [0.29, 0.717) is 43.6 Å². The summed E-state index contributed by atoms with van der Waals surface area (Å²) in [6.07, 6.45) is -13.9. The van der Waals surface area contributed by atoms with Crippen LogP contribution in [0.5, 0.6) is 0 Å². The van der Waals surface area contributed by atoms with Crippen LogP contribution >= 0.6 is 0 Å². The van der Waals surface area contributed by atoms with Crippen LogP contribution in [0.3, 0.4) is 0 Å². The Morgan fingerprint density at radius 1 is 0.900 bits per heavy atom. The lowest BCUT2D eigenvalue weighted by molar-refractivity contribution is -0.143. The molecule has 0 fully saturated rings. The average Bonchev–Trinajstić information content (AvgIpc) is 3.18. The summed E-state index contributed by atoms with van der Waals surface area (Å²) < 4.78 is 123. The van der Waals surface area contributed by atoms with Gasteiger partial charge < -0.3 is 9.80 Å². The molecule has 0 saturated carbocycles. The molecule has 2 aromatic carbocycles. The zero-order chi connectivity index (χ0) is 29.6. The molecule has 2 heterocycles. The summed E-state index contributed by atoms with van der Waals surface area (Å²) in [7, 11) is 1.43. The van der Waals surface area contributed by atoms with Crippen molar-refractivity contribution in [3.05, 3.63) is 63.7 Å². The summed E-state index contributed by atoms with van der Waals surface area (Å²) >= 11 is 0. The van der Waals surface area contributed by atoms with Gasteiger partial charge in [-0.1, -0.05) is 11.2 Å². The SMILES string of the molecule is CCN1CCC[C@H](N(Cc2cc(C(F)(F)F)cc(C(F)(F)F)c2)c2nnn(C)n2)c2cc(C)c(C(F)(F)F)cc21. The Bertz CT molecular complexity index is 1330. The number of aromatic nitrogens is 4. The van der Waals surface area contributed by atoms with E-state index in [1.165, 1.54) is 24.9 Å². The first-order valence-corrected chi connectivity index (χ1v) is 12.2. The second-order valence-electron chi connectivity index (χ2n) is 9.58. The first-order valence-electron chi connectivity index (χ1n) is 12.2. The Balaban J connectivity index is 1.90. The predicted molar refractivity (Wildman–Crippen MR) is 127 cm³/mol. The Morgan fingerprint density at radius 2 is 1.52 bits per heavy atom. The second kappa shape index (κ2) is 10.5. The molecule has 0 N–H and O–H groups in total. The van der Waals surface area contributed by atoms with Crippen LogP contribution in [-0.4, -0.2) is 33.3 Å². The van der Waals surface area contributed by atoms with Crippen LogP contribution in [0.2, 0.25) is 0 Å². The summed E-state index contributed by atoms with van der Waals surface area (Å²) in [6, 6.07) is 2.91.